The minimum absolute atomic E-state index is 0.295. The molecule has 0 radical (unpaired) electrons. The van der Waals surface area contributed by atoms with Crippen LogP contribution < -0.4 is 4.90 Å². The average molecular weight is 309 g/mol. The third-order valence-corrected chi connectivity index (χ3v) is 3.35. The number of carboxylic acids is 1. The molecule has 1 unspecified atom stereocenters. The zero-order valence-corrected chi connectivity index (χ0v) is 11.4. The van der Waals surface area contributed by atoms with E-state index in [1.54, 1.807) is 0 Å². The first kappa shape index (κ1) is 15.4. The molecule has 0 spiro atoms. The number of nitro groups is 2. The van der Waals surface area contributed by atoms with Crippen molar-refractivity contribution in [2.45, 2.75) is 13.3 Å². The van der Waals surface area contributed by atoms with Gasteiger partial charge in [-0.3, -0.25) is 34.7 Å². The first-order valence-corrected chi connectivity index (χ1v) is 6.19. The van der Waals surface area contributed by atoms with Gasteiger partial charge in [-0.1, -0.05) is 0 Å². The highest BCUT2D eigenvalue weighted by molar-refractivity contribution is 6.03. The van der Waals surface area contributed by atoms with Crippen molar-refractivity contribution in [2.75, 3.05) is 11.4 Å². The summed E-state index contributed by atoms with van der Waals surface area (Å²) in [5, 5.41) is 31.3. The third-order valence-electron chi connectivity index (χ3n) is 3.35. The van der Waals surface area contributed by atoms with Gasteiger partial charge in [0.2, 0.25) is 11.6 Å². The third kappa shape index (κ3) is 2.57. The summed E-state index contributed by atoms with van der Waals surface area (Å²) in [6.45, 7) is 1.12. The molecule has 2 rings (SSSR count). The lowest BCUT2D eigenvalue weighted by Crippen LogP contribution is -2.27. The predicted molar refractivity (Wildman–Crippen MR) is 72.6 cm³/mol. The monoisotopic (exact) mass is 309 g/mol. The van der Waals surface area contributed by atoms with Gasteiger partial charge in [0.1, 0.15) is 0 Å². The Kier molecular flexibility index (Phi) is 3.76. The van der Waals surface area contributed by atoms with E-state index in [2.05, 4.69) is 0 Å². The van der Waals surface area contributed by atoms with Crippen LogP contribution in [0.25, 0.3) is 0 Å². The summed E-state index contributed by atoms with van der Waals surface area (Å²) in [6, 6.07) is 2.23. The number of hydrogen-bond acceptors (Lipinski definition) is 6. The van der Waals surface area contributed by atoms with E-state index in [-0.39, 0.29) is 13.0 Å². The largest absolute Gasteiger partial charge is 0.481 e. The SMILES string of the molecule is Cc1cc([N+](=O)[O-])c(N2CC(C(=O)O)CC2=O)c([N+](=O)[O-])c1. The van der Waals surface area contributed by atoms with Crippen LogP contribution in [0, 0.1) is 33.1 Å². The maximum absolute atomic E-state index is 11.9. The van der Waals surface area contributed by atoms with Gasteiger partial charge in [-0.25, -0.2) is 0 Å². The second kappa shape index (κ2) is 5.39. The average Bonchev–Trinajstić information content (AvgIpc) is 2.79. The number of carbonyl (C=O) groups is 2. The van der Waals surface area contributed by atoms with Crippen molar-refractivity contribution in [3.05, 3.63) is 37.9 Å². The number of hydrogen-bond donors (Lipinski definition) is 1. The maximum Gasteiger partial charge on any atom is 0.308 e. The standard InChI is InChI=1S/C12H11N3O7/c1-6-2-8(14(19)20)11(9(3-6)15(21)22)13-5-7(12(17)18)4-10(13)16/h2-3,7H,4-5H2,1H3,(H,17,18). The molecule has 0 aromatic heterocycles. The summed E-state index contributed by atoms with van der Waals surface area (Å²) in [5.74, 6) is -2.97. The van der Waals surface area contributed by atoms with Crippen LogP contribution in [0.15, 0.2) is 12.1 Å². The Morgan fingerprint density at radius 1 is 1.27 bits per heavy atom. The van der Waals surface area contributed by atoms with Crippen molar-refractivity contribution < 1.29 is 24.5 Å². The van der Waals surface area contributed by atoms with Gasteiger partial charge in [0.15, 0.2) is 0 Å². The van der Waals surface area contributed by atoms with Crippen LogP contribution in [-0.4, -0.2) is 33.4 Å². The number of aliphatic carboxylic acids is 1. The fourth-order valence-corrected chi connectivity index (χ4v) is 2.38. The second-order valence-electron chi connectivity index (χ2n) is 4.91. The lowest BCUT2D eigenvalue weighted by molar-refractivity contribution is -0.392. The van der Waals surface area contributed by atoms with Gasteiger partial charge in [0, 0.05) is 25.1 Å². The van der Waals surface area contributed by atoms with Crippen LogP contribution in [0.2, 0.25) is 0 Å². The maximum atomic E-state index is 11.9. The van der Waals surface area contributed by atoms with Crippen molar-refractivity contribution in [1.29, 1.82) is 0 Å². The fourth-order valence-electron chi connectivity index (χ4n) is 2.38. The van der Waals surface area contributed by atoms with E-state index in [0.29, 0.717) is 5.56 Å². The van der Waals surface area contributed by atoms with E-state index < -0.39 is 44.7 Å². The molecule has 1 aromatic rings. The summed E-state index contributed by atoms with van der Waals surface area (Å²) in [4.78, 5) is 44.4. The van der Waals surface area contributed by atoms with Gasteiger partial charge < -0.3 is 5.11 Å². The van der Waals surface area contributed by atoms with Crippen molar-refractivity contribution in [3.8, 4) is 0 Å². The molecule has 10 nitrogen and oxygen atoms in total. The van der Waals surface area contributed by atoms with E-state index in [4.69, 9.17) is 5.11 Å². The highest BCUT2D eigenvalue weighted by atomic mass is 16.6. The molecule has 1 atom stereocenters. The molecule has 1 heterocycles. The molecule has 0 aliphatic carbocycles. The number of anilines is 1. The molecule has 1 aliphatic rings. The smallest absolute Gasteiger partial charge is 0.308 e. The van der Waals surface area contributed by atoms with Crippen molar-refractivity contribution in [3.63, 3.8) is 0 Å². The molecule has 116 valence electrons. The van der Waals surface area contributed by atoms with Gasteiger partial charge in [0.25, 0.3) is 11.4 Å². The van der Waals surface area contributed by atoms with Gasteiger partial charge in [-0.2, -0.15) is 0 Å². The summed E-state index contributed by atoms with van der Waals surface area (Å²) in [5.41, 5.74) is -1.35. The van der Waals surface area contributed by atoms with Crippen molar-refractivity contribution in [1.82, 2.24) is 0 Å². The number of nitro benzene ring substituents is 2. The zero-order chi connectivity index (χ0) is 16.6. The quantitative estimate of drug-likeness (QED) is 0.650. The van der Waals surface area contributed by atoms with Crippen molar-refractivity contribution in [2.24, 2.45) is 5.92 Å². The first-order chi connectivity index (χ1) is 10.2. The Morgan fingerprint density at radius 3 is 2.14 bits per heavy atom. The molecule has 0 bridgehead atoms. The van der Waals surface area contributed by atoms with Crippen LogP contribution in [0.3, 0.4) is 0 Å². The normalized spacial score (nSPS) is 17.6. The highest BCUT2D eigenvalue weighted by Gasteiger charge is 2.41. The molecule has 1 fully saturated rings. The molecule has 1 saturated heterocycles. The Balaban J connectivity index is 2.63. The zero-order valence-electron chi connectivity index (χ0n) is 11.4. The minimum Gasteiger partial charge on any atom is -0.481 e. The first-order valence-electron chi connectivity index (χ1n) is 6.19. The molecular formula is C12H11N3O7. The molecule has 1 amide bonds. The molecule has 1 N–H and O–H groups in total. The Labute approximate surface area is 123 Å². The predicted octanol–water partition coefficient (Wildman–Crippen LogP) is 1.25. The Bertz CT molecular complexity index is 665. The summed E-state index contributed by atoms with van der Waals surface area (Å²) < 4.78 is 0. The number of rotatable bonds is 4. The number of carbonyl (C=O) groups excluding carboxylic acids is 1. The van der Waals surface area contributed by atoms with Crippen LogP contribution in [0.5, 0.6) is 0 Å². The summed E-state index contributed by atoms with van der Waals surface area (Å²) in [6.07, 6.45) is -0.350. The van der Waals surface area contributed by atoms with E-state index in [9.17, 15) is 29.8 Å². The second-order valence-corrected chi connectivity index (χ2v) is 4.91. The van der Waals surface area contributed by atoms with Gasteiger partial charge in [-0.15, -0.1) is 0 Å². The van der Waals surface area contributed by atoms with Crippen LogP contribution >= 0.6 is 0 Å². The van der Waals surface area contributed by atoms with Crippen LogP contribution in [0.1, 0.15) is 12.0 Å². The minimum atomic E-state index is -1.23. The number of benzene rings is 1. The van der Waals surface area contributed by atoms with Crippen molar-refractivity contribution >= 4 is 28.9 Å². The van der Waals surface area contributed by atoms with Crippen LogP contribution in [0.4, 0.5) is 17.1 Å². The van der Waals surface area contributed by atoms with E-state index in [1.165, 1.54) is 6.92 Å². The molecule has 10 heteroatoms. The molecule has 0 saturated carbocycles. The van der Waals surface area contributed by atoms with E-state index >= 15 is 0 Å². The molecule has 22 heavy (non-hydrogen) atoms. The van der Waals surface area contributed by atoms with Crippen LogP contribution in [-0.2, 0) is 9.59 Å². The van der Waals surface area contributed by atoms with E-state index in [0.717, 1.165) is 17.0 Å². The Hall–Kier alpha value is -3.04. The van der Waals surface area contributed by atoms with E-state index in [1.807, 2.05) is 0 Å². The lowest BCUT2D eigenvalue weighted by atomic mass is 10.1. The van der Waals surface area contributed by atoms with Gasteiger partial charge in [-0.05, 0) is 12.5 Å². The number of nitrogens with zero attached hydrogens (tertiary/aromatic N) is 3. The number of carboxylic acid groups (broad SMARTS) is 1. The molecular weight excluding hydrogens is 298 g/mol. The number of aryl methyl sites for hydroxylation is 1. The fraction of sp³-hybridized carbons (Fsp3) is 0.333. The number of amides is 1. The van der Waals surface area contributed by atoms with Gasteiger partial charge >= 0.3 is 5.97 Å². The highest BCUT2D eigenvalue weighted by Crippen LogP contribution is 2.41. The molecule has 1 aromatic carbocycles. The van der Waals surface area contributed by atoms with Gasteiger partial charge in [0.05, 0.1) is 15.8 Å². The molecule has 1 aliphatic heterocycles. The topological polar surface area (TPSA) is 144 Å². The summed E-state index contributed by atoms with van der Waals surface area (Å²) >= 11 is 0. The lowest BCUT2D eigenvalue weighted by Gasteiger charge is -2.16. The Morgan fingerprint density at radius 2 is 1.77 bits per heavy atom. The summed E-state index contributed by atoms with van der Waals surface area (Å²) in [7, 11) is 0.